The molecule has 0 atom stereocenters. The summed E-state index contributed by atoms with van der Waals surface area (Å²) in [7, 11) is 0. The van der Waals surface area contributed by atoms with Gasteiger partial charge in [0.2, 0.25) is 0 Å². The minimum atomic E-state index is -1.13. The molecule has 0 aliphatic heterocycles. The largest absolute Gasteiger partial charge is 0.504 e. The Labute approximate surface area is 249 Å². The van der Waals surface area contributed by atoms with Crippen LogP contribution in [0.2, 0.25) is 0 Å². The van der Waals surface area contributed by atoms with E-state index in [0.29, 0.717) is 12.0 Å². The number of hydrogen-bond donors (Lipinski definition) is 3. The first-order valence-electron chi connectivity index (χ1n) is 15.1. The van der Waals surface area contributed by atoms with E-state index in [1.807, 2.05) is 13.0 Å². The number of aromatic hydroxyl groups is 2. The molecule has 0 amide bonds. The van der Waals surface area contributed by atoms with Crippen molar-refractivity contribution in [2.24, 2.45) is 0 Å². The summed E-state index contributed by atoms with van der Waals surface area (Å²) in [4.78, 5) is 11.2. The summed E-state index contributed by atoms with van der Waals surface area (Å²) < 4.78 is 0. The molecular weight excluding hydrogens is 508 g/mol. The van der Waals surface area contributed by atoms with Crippen LogP contribution in [0.25, 0.3) is 0 Å². The van der Waals surface area contributed by atoms with E-state index in [0.717, 1.165) is 70.3 Å². The van der Waals surface area contributed by atoms with Crippen LogP contribution in [-0.4, -0.2) is 21.3 Å². The van der Waals surface area contributed by atoms with Crippen LogP contribution in [0.15, 0.2) is 82.0 Å². The lowest BCUT2D eigenvalue weighted by Gasteiger charge is -2.07. The number of carboxylic acid groups (broad SMARTS) is 1. The summed E-state index contributed by atoms with van der Waals surface area (Å²) in [5, 5.41) is 29.0. The van der Waals surface area contributed by atoms with Crippen molar-refractivity contribution in [2.75, 3.05) is 0 Å². The lowest BCUT2D eigenvalue weighted by Crippen LogP contribution is -1.98. The zero-order chi connectivity index (χ0) is 30.8. The van der Waals surface area contributed by atoms with Gasteiger partial charge in [0.25, 0.3) is 0 Å². The number of hydrogen-bond acceptors (Lipinski definition) is 3. The quantitative estimate of drug-likeness (QED) is 0.123. The smallest absolute Gasteiger partial charge is 0.335 e. The first-order chi connectivity index (χ1) is 19.4. The van der Waals surface area contributed by atoms with Crippen molar-refractivity contribution in [3.8, 4) is 11.5 Å². The van der Waals surface area contributed by atoms with Gasteiger partial charge >= 0.3 is 5.97 Å². The molecular formula is C37H54O4. The molecule has 0 aromatic heterocycles. The molecule has 0 unspecified atom stereocenters. The van der Waals surface area contributed by atoms with Gasteiger partial charge in [-0.2, -0.15) is 0 Å². The van der Waals surface area contributed by atoms with Crippen molar-refractivity contribution in [1.82, 2.24) is 0 Å². The summed E-state index contributed by atoms with van der Waals surface area (Å²) >= 11 is 0. The monoisotopic (exact) mass is 562 g/mol. The van der Waals surface area contributed by atoms with Crippen LogP contribution in [0, 0.1) is 0 Å². The zero-order valence-electron chi connectivity index (χ0n) is 26.6. The van der Waals surface area contributed by atoms with Gasteiger partial charge in [0, 0.05) is 5.56 Å². The molecule has 226 valence electrons. The second-order valence-electron chi connectivity index (χ2n) is 11.7. The number of rotatable bonds is 18. The van der Waals surface area contributed by atoms with Crippen LogP contribution in [0.3, 0.4) is 0 Å². The Bertz CT molecular complexity index is 1170. The lowest BCUT2D eigenvalue weighted by molar-refractivity contribution is 0.0696. The predicted molar refractivity (Wildman–Crippen MR) is 175 cm³/mol. The Kier molecular flexibility index (Phi) is 17.2. The maximum Gasteiger partial charge on any atom is 0.335 e. The molecule has 0 saturated carbocycles. The van der Waals surface area contributed by atoms with Crippen LogP contribution in [0.5, 0.6) is 11.5 Å². The predicted octanol–water partition coefficient (Wildman–Crippen LogP) is 10.9. The number of aromatic carboxylic acids is 1. The third-order valence-electron chi connectivity index (χ3n) is 7.30. The van der Waals surface area contributed by atoms with Crippen LogP contribution < -0.4 is 0 Å². The maximum absolute atomic E-state index is 11.2. The van der Waals surface area contributed by atoms with Gasteiger partial charge in [0.05, 0.1) is 5.56 Å². The minimum Gasteiger partial charge on any atom is -0.504 e. The van der Waals surface area contributed by atoms with Crippen LogP contribution in [0.1, 0.15) is 129 Å². The SMILES string of the molecule is CC(C)=CCC/C(C)=C/CC/C(C)=C/CC/C(C)=C/CC/C(C)=C/CC/C(C)=C/Cc1cc(C(=O)O)cc(O)c1O. The first-order valence-corrected chi connectivity index (χ1v) is 15.1. The average Bonchev–Trinajstić information content (AvgIpc) is 2.89. The first kappa shape index (κ1) is 35.8. The summed E-state index contributed by atoms with van der Waals surface area (Å²) in [6.45, 7) is 15.3. The van der Waals surface area contributed by atoms with Gasteiger partial charge in [-0.1, -0.05) is 69.9 Å². The van der Waals surface area contributed by atoms with Gasteiger partial charge in [-0.05, 0) is 131 Å². The van der Waals surface area contributed by atoms with Gasteiger partial charge < -0.3 is 15.3 Å². The van der Waals surface area contributed by atoms with E-state index in [-0.39, 0.29) is 11.3 Å². The van der Waals surface area contributed by atoms with Crippen molar-refractivity contribution < 1.29 is 20.1 Å². The number of allylic oxidation sites excluding steroid dienone is 12. The summed E-state index contributed by atoms with van der Waals surface area (Å²) in [5.74, 6) is -1.79. The molecule has 3 N–H and O–H groups in total. The molecule has 0 saturated heterocycles. The van der Waals surface area contributed by atoms with Crippen LogP contribution in [0.4, 0.5) is 0 Å². The van der Waals surface area contributed by atoms with Gasteiger partial charge in [-0.3, -0.25) is 0 Å². The fraction of sp³-hybridized carbons (Fsp3) is 0.486. The van der Waals surface area contributed by atoms with Crippen LogP contribution in [-0.2, 0) is 6.42 Å². The van der Waals surface area contributed by atoms with E-state index in [1.54, 1.807) is 0 Å². The highest BCUT2D eigenvalue weighted by molar-refractivity contribution is 5.89. The van der Waals surface area contributed by atoms with Crippen LogP contribution >= 0.6 is 0 Å². The molecule has 0 heterocycles. The molecule has 0 bridgehead atoms. The fourth-order valence-electron chi connectivity index (χ4n) is 4.52. The number of carbonyl (C=O) groups is 1. The number of phenols is 2. The molecule has 1 aromatic carbocycles. The minimum absolute atomic E-state index is 0.0318. The summed E-state index contributed by atoms with van der Waals surface area (Å²) in [5.41, 5.74) is 8.77. The third kappa shape index (κ3) is 16.6. The van der Waals surface area contributed by atoms with Crippen molar-refractivity contribution in [3.63, 3.8) is 0 Å². The Balaban J connectivity index is 2.37. The van der Waals surface area contributed by atoms with E-state index in [9.17, 15) is 15.0 Å². The molecule has 0 aliphatic rings. The topological polar surface area (TPSA) is 77.8 Å². The van der Waals surface area contributed by atoms with Crippen molar-refractivity contribution in [2.45, 2.75) is 119 Å². The molecule has 0 aliphatic carbocycles. The summed E-state index contributed by atoms with van der Waals surface area (Å²) in [6, 6.07) is 2.48. The molecule has 1 rings (SSSR count). The molecule has 41 heavy (non-hydrogen) atoms. The Hall–Kier alpha value is -3.27. The van der Waals surface area contributed by atoms with Crippen molar-refractivity contribution >= 4 is 5.97 Å². The molecule has 4 heteroatoms. The summed E-state index contributed by atoms with van der Waals surface area (Å²) in [6.07, 6.45) is 24.9. The van der Waals surface area contributed by atoms with Crippen molar-refractivity contribution in [3.05, 3.63) is 93.2 Å². The highest BCUT2D eigenvalue weighted by Gasteiger charge is 2.12. The normalized spacial score (nSPS) is 13.5. The maximum atomic E-state index is 11.2. The number of phenolic OH excluding ortho intramolecular Hbond substituents is 2. The van der Waals surface area contributed by atoms with E-state index >= 15 is 0 Å². The van der Waals surface area contributed by atoms with E-state index in [2.05, 4.69) is 71.9 Å². The molecule has 0 fully saturated rings. The third-order valence-corrected chi connectivity index (χ3v) is 7.30. The second kappa shape index (κ2) is 19.7. The molecule has 0 radical (unpaired) electrons. The highest BCUT2D eigenvalue weighted by Crippen LogP contribution is 2.31. The number of benzene rings is 1. The molecule has 4 nitrogen and oxygen atoms in total. The zero-order valence-corrected chi connectivity index (χ0v) is 26.6. The highest BCUT2D eigenvalue weighted by atomic mass is 16.4. The van der Waals surface area contributed by atoms with Gasteiger partial charge in [-0.25, -0.2) is 4.79 Å². The molecule has 0 spiro atoms. The van der Waals surface area contributed by atoms with Crippen molar-refractivity contribution in [1.29, 1.82) is 0 Å². The Morgan fingerprint density at radius 3 is 1.32 bits per heavy atom. The standard InChI is InChI=1S/C37H54O4/c1-27(2)13-8-14-28(3)15-9-16-29(4)17-10-18-30(5)19-11-20-31(6)21-12-22-32(7)23-24-33-25-34(37(40)41)26-35(38)36(33)39/h13,15,17,19,21,23,25-26,38-39H,8-12,14,16,18,20,22,24H2,1-7H3,(H,40,41)/b28-15+,29-17+,30-19+,31-21+,32-23+. The van der Waals surface area contributed by atoms with Gasteiger partial charge in [0.15, 0.2) is 11.5 Å². The second-order valence-corrected chi connectivity index (χ2v) is 11.7. The van der Waals surface area contributed by atoms with Gasteiger partial charge in [-0.15, -0.1) is 0 Å². The average molecular weight is 563 g/mol. The van der Waals surface area contributed by atoms with E-state index in [1.165, 1.54) is 39.5 Å². The lowest BCUT2D eigenvalue weighted by atomic mass is 10.0. The Morgan fingerprint density at radius 2 is 0.951 bits per heavy atom. The van der Waals surface area contributed by atoms with Gasteiger partial charge in [0.1, 0.15) is 0 Å². The number of carboxylic acids is 1. The molecule has 1 aromatic rings. The van der Waals surface area contributed by atoms with E-state index < -0.39 is 11.7 Å². The fourth-order valence-corrected chi connectivity index (χ4v) is 4.52. The van der Waals surface area contributed by atoms with E-state index in [4.69, 9.17) is 5.11 Å². The Morgan fingerprint density at radius 1 is 0.585 bits per heavy atom.